The van der Waals surface area contributed by atoms with Crippen LogP contribution in [0.4, 0.5) is 0 Å². The smallest absolute Gasteiger partial charge is 0.252 e. The van der Waals surface area contributed by atoms with Crippen LogP contribution in [-0.2, 0) is 6.54 Å². The van der Waals surface area contributed by atoms with Crippen LogP contribution < -0.4 is 5.32 Å². The molecule has 1 heterocycles. The summed E-state index contributed by atoms with van der Waals surface area (Å²) in [7, 11) is 0. The van der Waals surface area contributed by atoms with Crippen LogP contribution in [-0.4, -0.2) is 10.9 Å². The van der Waals surface area contributed by atoms with E-state index in [1.54, 1.807) is 23.5 Å². The Kier molecular flexibility index (Phi) is 4.42. The largest absolute Gasteiger partial charge is 0.346 e. The summed E-state index contributed by atoms with van der Waals surface area (Å²) >= 11 is 9.19. The maximum atomic E-state index is 12.0. The van der Waals surface area contributed by atoms with E-state index in [2.05, 4.69) is 38.9 Å². The maximum absolute atomic E-state index is 12.0. The van der Waals surface area contributed by atoms with E-state index in [9.17, 15) is 4.79 Å². The van der Waals surface area contributed by atoms with Crippen molar-refractivity contribution in [3.63, 3.8) is 0 Å². The zero-order valence-electron chi connectivity index (χ0n) is 9.61. The molecule has 2 rings (SSSR count). The number of nitrogens with one attached hydrogen (secondary N) is 1. The number of nitrogens with zero attached hydrogens (tertiary/aromatic N) is 1. The fourth-order valence-electron chi connectivity index (χ4n) is 1.45. The van der Waals surface area contributed by atoms with Crippen LogP contribution >= 0.6 is 39.9 Å². The number of hydrogen-bond donors (Lipinski definition) is 2. The number of carbonyl (C=O) groups excluding carboxylic acids is 1. The molecule has 0 unspecified atom stereocenters. The number of rotatable bonds is 3. The predicted molar refractivity (Wildman–Crippen MR) is 79.4 cm³/mol. The zero-order chi connectivity index (χ0) is 13.1. The van der Waals surface area contributed by atoms with Gasteiger partial charge in [-0.05, 0) is 25.1 Å². The zero-order valence-corrected chi connectivity index (χ0v) is 12.9. The van der Waals surface area contributed by atoms with Gasteiger partial charge in [-0.2, -0.15) is 0 Å². The van der Waals surface area contributed by atoms with Crippen LogP contribution in [0, 0.1) is 6.92 Å². The molecule has 94 valence electrons. The van der Waals surface area contributed by atoms with Crippen LogP contribution in [0.2, 0.25) is 0 Å². The van der Waals surface area contributed by atoms with Gasteiger partial charge in [0.25, 0.3) is 5.91 Å². The Morgan fingerprint density at radius 1 is 1.56 bits per heavy atom. The van der Waals surface area contributed by atoms with Gasteiger partial charge in [0.1, 0.15) is 0 Å². The van der Waals surface area contributed by atoms with Gasteiger partial charge >= 0.3 is 0 Å². The summed E-state index contributed by atoms with van der Waals surface area (Å²) in [5.41, 5.74) is 1.44. The van der Waals surface area contributed by atoms with E-state index in [0.29, 0.717) is 17.0 Å². The summed E-state index contributed by atoms with van der Waals surface area (Å²) in [5, 5.41) is 5.77. The molecule has 1 aromatic heterocycles. The minimum atomic E-state index is -0.141. The van der Waals surface area contributed by atoms with Crippen molar-refractivity contribution in [2.75, 3.05) is 0 Å². The van der Waals surface area contributed by atoms with Gasteiger partial charge in [0.2, 0.25) is 0 Å². The lowest BCUT2D eigenvalue weighted by atomic mass is 10.2. The highest BCUT2D eigenvalue weighted by molar-refractivity contribution is 9.10. The molecule has 18 heavy (non-hydrogen) atoms. The molecule has 0 fully saturated rings. The first-order valence-corrected chi connectivity index (χ1v) is 7.36. The number of benzene rings is 1. The van der Waals surface area contributed by atoms with Gasteiger partial charge in [0.15, 0.2) is 0 Å². The van der Waals surface area contributed by atoms with Gasteiger partial charge < -0.3 is 5.32 Å². The summed E-state index contributed by atoms with van der Waals surface area (Å²) in [6.45, 7) is 2.38. The minimum absolute atomic E-state index is 0.141. The van der Waals surface area contributed by atoms with Crippen LogP contribution in [0.5, 0.6) is 0 Å². The quantitative estimate of drug-likeness (QED) is 0.839. The Labute approximate surface area is 123 Å². The van der Waals surface area contributed by atoms with Gasteiger partial charge in [-0.15, -0.1) is 24.0 Å². The van der Waals surface area contributed by atoms with Crippen molar-refractivity contribution in [1.82, 2.24) is 10.3 Å². The molecule has 0 aliphatic carbocycles. The Morgan fingerprint density at radius 3 is 2.94 bits per heavy atom. The third-order valence-corrected chi connectivity index (χ3v) is 3.99. The van der Waals surface area contributed by atoms with Crippen LogP contribution in [0.25, 0.3) is 0 Å². The van der Waals surface area contributed by atoms with Gasteiger partial charge in [-0.1, -0.05) is 15.9 Å². The molecular weight excluding hydrogens is 332 g/mol. The van der Waals surface area contributed by atoms with Crippen molar-refractivity contribution < 1.29 is 4.79 Å². The molecule has 0 saturated heterocycles. The van der Waals surface area contributed by atoms with Crippen LogP contribution in [0.1, 0.15) is 21.1 Å². The lowest BCUT2D eigenvalue weighted by molar-refractivity contribution is 0.0947. The van der Waals surface area contributed by atoms with E-state index in [-0.39, 0.29) is 5.91 Å². The number of hydrogen-bond acceptors (Lipinski definition) is 4. The number of aromatic nitrogens is 1. The normalized spacial score (nSPS) is 10.4. The summed E-state index contributed by atoms with van der Waals surface area (Å²) in [5.74, 6) is -0.141. The molecule has 3 nitrogen and oxygen atoms in total. The second kappa shape index (κ2) is 5.86. The number of carbonyl (C=O) groups is 1. The Hall–Kier alpha value is -0.850. The fourth-order valence-corrected chi connectivity index (χ4v) is 2.92. The molecule has 1 amide bonds. The van der Waals surface area contributed by atoms with Crippen LogP contribution in [0.15, 0.2) is 32.9 Å². The average Bonchev–Trinajstić information content (AvgIpc) is 2.72. The van der Waals surface area contributed by atoms with Crippen molar-refractivity contribution in [1.29, 1.82) is 0 Å². The minimum Gasteiger partial charge on any atom is -0.346 e. The molecule has 1 aromatic carbocycles. The van der Waals surface area contributed by atoms with E-state index in [4.69, 9.17) is 0 Å². The molecule has 0 spiro atoms. The molecule has 0 aliphatic heterocycles. The highest BCUT2D eigenvalue weighted by Gasteiger charge is 2.10. The van der Waals surface area contributed by atoms with Crippen molar-refractivity contribution >= 4 is 45.8 Å². The molecule has 2 aromatic rings. The van der Waals surface area contributed by atoms with E-state index >= 15 is 0 Å². The maximum Gasteiger partial charge on any atom is 0.252 e. The van der Waals surface area contributed by atoms with E-state index in [1.807, 2.05) is 18.4 Å². The molecule has 0 aliphatic rings. The van der Waals surface area contributed by atoms with Gasteiger partial charge in [-0.25, -0.2) is 4.98 Å². The highest BCUT2D eigenvalue weighted by Crippen LogP contribution is 2.19. The SMILES string of the molecule is Cc1nc(CNC(=O)c2ccc(Br)cc2S)cs1. The average molecular weight is 343 g/mol. The molecular formula is C12H11BrN2OS2. The molecule has 0 atom stereocenters. The lowest BCUT2D eigenvalue weighted by Gasteiger charge is -2.06. The van der Waals surface area contributed by atoms with E-state index in [1.165, 1.54) is 0 Å². The number of thiol groups is 1. The van der Waals surface area contributed by atoms with Gasteiger partial charge in [0, 0.05) is 14.7 Å². The lowest BCUT2D eigenvalue weighted by Crippen LogP contribution is -2.23. The van der Waals surface area contributed by atoms with Crippen molar-refractivity contribution in [3.05, 3.63) is 44.3 Å². The van der Waals surface area contributed by atoms with E-state index in [0.717, 1.165) is 15.2 Å². The standard InChI is InChI=1S/C12H11BrN2OS2/c1-7-15-9(6-18-7)5-14-12(16)10-3-2-8(13)4-11(10)17/h2-4,6,17H,5H2,1H3,(H,14,16). The molecule has 6 heteroatoms. The van der Waals surface area contributed by atoms with Crippen LogP contribution in [0.3, 0.4) is 0 Å². The van der Waals surface area contributed by atoms with E-state index < -0.39 is 0 Å². The first kappa shape index (κ1) is 13.6. The monoisotopic (exact) mass is 342 g/mol. The number of amides is 1. The van der Waals surface area contributed by atoms with Gasteiger partial charge in [-0.3, -0.25) is 4.79 Å². The number of halogens is 1. The Balaban J connectivity index is 2.03. The summed E-state index contributed by atoms with van der Waals surface area (Å²) in [4.78, 5) is 16.9. The van der Waals surface area contributed by atoms with Crippen molar-refractivity contribution in [2.45, 2.75) is 18.4 Å². The Bertz CT molecular complexity index is 583. The molecule has 0 bridgehead atoms. The summed E-state index contributed by atoms with van der Waals surface area (Å²) in [6.07, 6.45) is 0. The first-order chi connectivity index (χ1) is 8.56. The second-order valence-corrected chi connectivity index (χ2v) is 6.16. The second-order valence-electron chi connectivity index (χ2n) is 3.70. The molecule has 0 radical (unpaired) electrons. The molecule has 0 saturated carbocycles. The number of aryl methyl sites for hydroxylation is 1. The Morgan fingerprint density at radius 2 is 2.33 bits per heavy atom. The van der Waals surface area contributed by atoms with Crippen molar-refractivity contribution in [3.8, 4) is 0 Å². The van der Waals surface area contributed by atoms with Crippen molar-refractivity contribution in [2.24, 2.45) is 0 Å². The summed E-state index contributed by atoms with van der Waals surface area (Å²) < 4.78 is 0.902. The fraction of sp³-hybridized carbons (Fsp3) is 0.167. The first-order valence-electron chi connectivity index (χ1n) is 5.24. The number of thiazole rings is 1. The predicted octanol–water partition coefficient (Wildman–Crippen LogP) is 3.43. The topological polar surface area (TPSA) is 42.0 Å². The third-order valence-electron chi connectivity index (χ3n) is 2.30. The third kappa shape index (κ3) is 3.34. The highest BCUT2D eigenvalue weighted by atomic mass is 79.9. The molecule has 1 N–H and O–H groups in total. The van der Waals surface area contributed by atoms with Gasteiger partial charge in [0.05, 0.1) is 22.8 Å². The summed E-state index contributed by atoms with van der Waals surface area (Å²) in [6, 6.07) is 5.36.